The second kappa shape index (κ2) is 5.61. The van der Waals surface area contributed by atoms with Gasteiger partial charge in [0.25, 0.3) is 0 Å². The summed E-state index contributed by atoms with van der Waals surface area (Å²) in [6, 6.07) is 10.2. The summed E-state index contributed by atoms with van der Waals surface area (Å²) in [5.74, 6) is -0.548. The van der Waals surface area contributed by atoms with Crippen LogP contribution in [0.1, 0.15) is 11.4 Å². The van der Waals surface area contributed by atoms with Crippen molar-refractivity contribution in [2.24, 2.45) is 0 Å². The molecule has 0 saturated heterocycles. The number of aliphatic carboxylic acids is 1. The summed E-state index contributed by atoms with van der Waals surface area (Å²) in [6.45, 7) is 3.31. The molecule has 104 valence electrons. The fourth-order valence-corrected chi connectivity index (χ4v) is 2.13. The number of aryl methyl sites for hydroxylation is 2. The van der Waals surface area contributed by atoms with Gasteiger partial charge < -0.3 is 14.4 Å². The summed E-state index contributed by atoms with van der Waals surface area (Å²) in [6.07, 6.45) is 0. The third kappa shape index (κ3) is 3.06. The Bertz CT molecular complexity index is 677. The summed E-state index contributed by atoms with van der Waals surface area (Å²) >= 11 is 0. The summed E-state index contributed by atoms with van der Waals surface area (Å²) < 4.78 is 7.07. The molecule has 0 fully saturated rings. The Labute approximate surface area is 116 Å². The number of carbonyl (C=O) groups is 1. The molecule has 0 aliphatic rings. The van der Waals surface area contributed by atoms with Crippen LogP contribution in [0.5, 0.6) is 5.75 Å². The van der Waals surface area contributed by atoms with Gasteiger partial charge in [-0.25, -0.2) is 4.79 Å². The number of benzene rings is 1. The van der Waals surface area contributed by atoms with Crippen molar-refractivity contribution in [3.8, 4) is 11.4 Å². The van der Waals surface area contributed by atoms with Crippen LogP contribution >= 0.6 is 0 Å². The molecule has 5 heteroatoms. The number of ether oxygens (including phenoxy) is 1. The number of carboxylic acid groups (broad SMARTS) is 1. The summed E-state index contributed by atoms with van der Waals surface area (Å²) in [7, 11) is 0. The third-order valence-electron chi connectivity index (χ3n) is 2.85. The molecule has 1 aromatic carbocycles. The quantitative estimate of drug-likeness (QED) is 0.924. The highest BCUT2D eigenvalue weighted by molar-refractivity contribution is 5.68. The van der Waals surface area contributed by atoms with Crippen molar-refractivity contribution in [3.05, 3.63) is 58.0 Å². The van der Waals surface area contributed by atoms with E-state index in [1.165, 1.54) is 0 Å². The Morgan fingerprint density at radius 2 is 1.85 bits per heavy atom. The zero-order valence-corrected chi connectivity index (χ0v) is 11.3. The number of rotatable bonds is 4. The van der Waals surface area contributed by atoms with Crippen molar-refractivity contribution in [3.63, 3.8) is 0 Å². The first-order valence-electron chi connectivity index (χ1n) is 6.13. The maximum atomic E-state index is 11.4. The number of hydrogen-bond donors (Lipinski definition) is 1. The number of pyridine rings is 1. The van der Waals surface area contributed by atoms with E-state index < -0.39 is 5.97 Å². The average Bonchev–Trinajstić information content (AvgIpc) is 2.35. The van der Waals surface area contributed by atoms with E-state index in [-0.39, 0.29) is 12.0 Å². The lowest BCUT2D eigenvalue weighted by atomic mass is 10.2. The van der Waals surface area contributed by atoms with E-state index in [0.29, 0.717) is 5.75 Å². The van der Waals surface area contributed by atoms with Crippen molar-refractivity contribution in [2.45, 2.75) is 13.8 Å². The van der Waals surface area contributed by atoms with E-state index in [1.54, 1.807) is 30.3 Å². The monoisotopic (exact) mass is 273 g/mol. The van der Waals surface area contributed by atoms with Gasteiger partial charge in [-0.15, -0.1) is 0 Å². The van der Waals surface area contributed by atoms with E-state index in [2.05, 4.69) is 0 Å². The van der Waals surface area contributed by atoms with E-state index in [0.717, 1.165) is 17.1 Å². The third-order valence-corrected chi connectivity index (χ3v) is 2.85. The minimum absolute atomic E-state index is 0.0328. The smallest absolute Gasteiger partial charge is 0.341 e. The van der Waals surface area contributed by atoms with Gasteiger partial charge in [0.05, 0.1) is 0 Å². The first-order valence-corrected chi connectivity index (χ1v) is 6.13. The van der Waals surface area contributed by atoms with Crippen LogP contribution in [-0.4, -0.2) is 22.2 Å². The van der Waals surface area contributed by atoms with Crippen molar-refractivity contribution in [1.82, 2.24) is 4.57 Å². The molecule has 2 aromatic rings. The van der Waals surface area contributed by atoms with Crippen molar-refractivity contribution < 1.29 is 14.6 Å². The van der Waals surface area contributed by atoms with Gasteiger partial charge in [-0.1, -0.05) is 6.07 Å². The Morgan fingerprint density at radius 1 is 1.20 bits per heavy atom. The lowest BCUT2D eigenvalue weighted by molar-refractivity contribution is -0.139. The molecule has 1 aromatic heterocycles. The standard InChI is InChI=1S/C15H15NO4/c1-10-6-13(17)7-11(2)16(10)12-4-3-5-14(8-12)20-9-15(18)19/h3-8H,9H2,1-2H3,(H,18,19). The minimum Gasteiger partial charge on any atom is -0.482 e. The molecule has 1 heterocycles. The van der Waals surface area contributed by atoms with Crippen LogP contribution in [0.3, 0.4) is 0 Å². The lowest BCUT2D eigenvalue weighted by Gasteiger charge is -2.15. The molecular weight excluding hydrogens is 258 g/mol. The maximum absolute atomic E-state index is 11.4. The number of hydrogen-bond acceptors (Lipinski definition) is 3. The summed E-state index contributed by atoms with van der Waals surface area (Å²) in [5.41, 5.74) is 2.41. The van der Waals surface area contributed by atoms with E-state index >= 15 is 0 Å². The Hall–Kier alpha value is -2.56. The Balaban J connectivity index is 2.41. The molecule has 0 amide bonds. The van der Waals surface area contributed by atoms with Gasteiger partial charge in [-0.3, -0.25) is 4.79 Å². The predicted octanol–water partition coefficient (Wildman–Crippen LogP) is 1.92. The average molecular weight is 273 g/mol. The second-order valence-corrected chi connectivity index (χ2v) is 4.49. The zero-order chi connectivity index (χ0) is 14.7. The summed E-state index contributed by atoms with van der Waals surface area (Å²) in [5, 5.41) is 8.61. The predicted molar refractivity (Wildman–Crippen MR) is 74.6 cm³/mol. The molecule has 5 nitrogen and oxygen atoms in total. The molecule has 0 unspecified atom stereocenters. The Morgan fingerprint density at radius 3 is 2.45 bits per heavy atom. The van der Waals surface area contributed by atoms with E-state index in [1.807, 2.05) is 24.5 Å². The van der Waals surface area contributed by atoms with Gasteiger partial charge in [0.1, 0.15) is 5.75 Å². The van der Waals surface area contributed by atoms with E-state index in [9.17, 15) is 9.59 Å². The van der Waals surface area contributed by atoms with Crippen LogP contribution in [-0.2, 0) is 4.79 Å². The van der Waals surface area contributed by atoms with E-state index in [4.69, 9.17) is 9.84 Å². The molecule has 0 atom stereocenters. The molecule has 1 N–H and O–H groups in total. The first-order chi connectivity index (χ1) is 9.47. The molecule has 20 heavy (non-hydrogen) atoms. The molecule has 2 rings (SSSR count). The highest BCUT2D eigenvalue weighted by Gasteiger charge is 2.06. The molecule has 0 saturated carbocycles. The minimum atomic E-state index is -1.02. The number of aromatic nitrogens is 1. The van der Waals surface area contributed by atoms with Crippen LogP contribution in [0.15, 0.2) is 41.2 Å². The number of nitrogens with zero attached hydrogens (tertiary/aromatic N) is 1. The molecule has 0 radical (unpaired) electrons. The van der Waals surface area contributed by atoms with Gasteiger partial charge in [-0.05, 0) is 26.0 Å². The first kappa shape index (κ1) is 13.9. The van der Waals surface area contributed by atoms with Crippen LogP contribution in [0.25, 0.3) is 5.69 Å². The van der Waals surface area contributed by atoms with Gasteiger partial charge in [0.2, 0.25) is 0 Å². The fraction of sp³-hybridized carbons (Fsp3) is 0.200. The Kier molecular flexibility index (Phi) is 3.89. The largest absolute Gasteiger partial charge is 0.482 e. The second-order valence-electron chi connectivity index (χ2n) is 4.49. The zero-order valence-electron chi connectivity index (χ0n) is 11.3. The molecular formula is C15H15NO4. The molecule has 0 aliphatic carbocycles. The van der Waals surface area contributed by atoms with Crippen LogP contribution < -0.4 is 10.2 Å². The maximum Gasteiger partial charge on any atom is 0.341 e. The van der Waals surface area contributed by atoms with Gasteiger partial charge in [-0.2, -0.15) is 0 Å². The highest BCUT2D eigenvalue weighted by Crippen LogP contribution is 2.19. The normalized spacial score (nSPS) is 10.3. The molecule has 0 bridgehead atoms. The van der Waals surface area contributed by atoms with Crippen molar-refractivity contribution in [2.75, 3.05) is 6.61 Å². The summed E-state index contributed by atoms with van der Waals surface area (Å²) in [4.78, 5) is 21.9. The highest BCUT2D eigenvalue weighted by atomic mass is 16.5. The van der Waals surface area contributed by atoms with Gasteiger partial charge in [0, 0.05) is 35.3 Å². The number of carboxylic acids is 1. The van der Waals surface area contributed by atoms with Crippen LogP contribution in [0.2, 0.25) is 0 Å². The van der Waals surface area contributed by atoms with Crippen LogP contribution in [0.4, 0.5) is 0 Å². The van der Waals surface area contributed by atoms with Crippen molar-refractivity contribution in [1.29, 1.82) is 0 Å². The fourth-order valence-electron chi connectivity index (χ4n) is 2.13. The molecule has 0 spiro atoms. The lowest BCUT2D eigenvalue weighted by Crippen LogP contribution is -2.12. The SMILES string of the molecule is Cc1cc(=O)cc(C)n1-c1cccc(OCC(=O)O)c1. The van der Waals surface area contributed by atoms with Crippen LogP contribution in [0, 0.1) is 13.8 Å². The van der Waals surface area contributed by atoms with Gasteiger partial charge in [0.15, 0.2) is 12.0 Å². The topological polar surface area (TPSA) is 68.5 Å². The van der Waals surface area contributed by atoms with Gasteiger partial charge >= 0.3 is 5.97 Å². The molecule has 0 aliphatic heterocycles. The van der Waals surface area contributed by atoms with Crippen molar-refractivity contribution >= 4 is 5.97 Å².